The van der Waals surface area contributed by atoms with Crippen LogP contribution in [0, 0.1) is 0 Å². The molecule has 19 heteroatoms. The zero-order valence-corrected chi connectivity index (χ0v) is 24.8. The number of nitrogens with zero attached hydrogens (tertiary/aromatic N) is 2. The Morgan fingerprint density at radius 1 is 0.548 bits per heavy atom. The molecule has 9 nitrogen and oxygen atoms in total. The summed E-state index contributed by atoms with van der Waals surface area (Å²) in [4.78, 5) is 0. The molecule has 0 spiro atoms. The minimum absolute atomic E-state index is 0. The van der Waals surface area contributed by atoms with Crippen LogP contribution >= 0.6 is 0 Å². The molecule has 0 radical (unpaired) electrons. The summed E-state index contributed by atoms with van der Waals surface area (Å²) in [5.41, 5.74) is -10.8. The van der Waals surface area contributed by atoms with Gasteiger partial charge in [-0.05, 0) is 12.8 Å². The predicted octanol–water partition coefficient (Wildman–Crippen LogP) is -3.73. The van der Waals surface area contributed by atoms with E-state index in [0.717, 1.165) is 0 Å². The summed E-state index contributed by atoms with van der Waals surface area (Å²) in [6, 6.07) is 0. The average molecular weight is 561 g/mol. The average Bonchev–Trinajstić information content (AvgIpc) is 2.56. The summed E-state index contributed by atoms with van der Waals surface area (Å²) >= 11 is 0. The van der Waals surface area contributed by atoms with E-state index < -0.39 is 44.2 Å². The maximum atomic E-state index is 12.0. The van der Waals surface area contributed by atoms with Crippen LogP contribution in [0.2, 0.25) is 0 Å². The van der Waals surface area contributed by atoms with Crippen molar-refractivity contribution in [1.29, 1.82) is 0 Å². The molecule has 0 aromatic heterocycles. The van der Waals surface area contributed by atoms with Gasteiger partial charge in [0.05, 0.1) is 26.4 Å². The molecule has 0 aromatic rings. The Kier molecular flexibility index (Phi) is 23.1. The molecule has 0 aliphatic carbocycles. The fraction of sp³-hybridized carbons (Fsp3) is 1.00. The van der Waals surface area contributed by atoms with Crippen molar-refractivity contribution in [2.45, 2.75) is 23.9 Å². The third kappa shape index (κ3) is 18.5. The van der Waals surface area contributed by atoms with E-state index in [1.165, 1.54) is 0 Å². The van der Waals surface area contributed by atoms with Gasteiger partial charge in [0.2, 0.25) is 0 Å². The molecule has 0 aliphatic heterocycles. The first kappa shape index (κ1) is 38.1. The van der Waals surface area contributed by atoms with Crippen molar-refractivity contribution in [3.63, 3.8) is 0 Å². The van der Waals surface area contributed by atoms with Gasteiger partial charge in [0.25, 0.3) is 0 Å². The second-order valence-corrected chi connectivity index (χ2v) is 8.43. The summed E-state index contributed by atoms with van der Waals surface area (Å²) in [5, 5.41) is 0. The van der Waals surface area contributed by atoms with Crippen molar-refractivity contribution in [2.24, 2.45) is 0 Å². The Bertz CT molecular complexity index is 607. The molecule has 0 heterocycles. The number of halogens is 6. The number of sulfonamides is 2. The Balaban J connectivity index is -0.00000392. The van der Waals surface area contributed by atoms with Gasteiger partial charge in [-0.2, -0.15) is 26.3 Å². The van der Waals surface area contributed by atoms with Crippen LogP contribution in [-0.2, 0) is 34.3 Å². The molecule has 0 fully saturated rings. The van der Waals surface area contributed by atoms with Crippen molar-refractivity contribution in [1.82, 2.24) is 0 Å². The fourth-order valence-corrected chi connectivity index (χ4v) is 2.42. The maximum absolute atomic E-state index is 12.0. The summed E-state index contributed by atoms with van der Waals surface area (Å²) in [6.45, 7) is -0.788. The van der Waals surface area contributed by atoms with Gasteiger partial charge in [-0.15, -0.1) is 13.1 Å². The molecule has 0 rings (SSSR count). The van der Waals surface area contributed by atoms with Gasteiger partial charge < -0.3 is 23.7 Å². The van der Waals surface area contributed by atoms with Gasteiger partial charge in [0.15, 0.2) is 20.0 Å². The molecule has 0 bridgehead atoms. The van der Waals surface area contributed by atoms with E-state index in [9.17, 15) is 43.2 Å². The molecule has 31 heavy (non-hydrogen) atoms. The third-order valence-electron chi connectivity index (χ3n) is 2.75. The van der Waals surface area contributed by atoms with E-state index in [4.69, 9.17) is 14.2 Å². The molecule has 176 valence electrons. The quantitative estimate of drug-likeness (QED) is 0.108. The number of alkyl halides is 6. The monoisotopic (exact) mass is 560 g/mol. The predicted molar refractivity (Wildman–Crippen MR) is 88.1 cm³/mol. The molecule has 0 aromatic carbocycles. The zero-order chi connectivity index (χ0) is 22.6. The van der Waals surface area contributed by atoms with E-state index in [1.54, 1.807) is 0 Å². The first-order valence-corrected chi connectivity index (χ1v) is 10.8. The van der Waals surface area contributed by atoms with E-state index in [-0.39, 0.29) is 155 Å². The van der Waals surface area contributed by atoms with E-state index >= 15 is 0 Å². The first-order valence-electron chi connectivity index (χ1n) is 7.94. The van der Waals surface area contributed by atoms with E-state index in [1.807, 2.05) is 0 Å². The second-order valence-electron chi connectivity index (χ2n) is 5.09. The van der Waals surface area contributed by atoms with Crippen LogP contribution in [0.25, 0.3) is 9.44 Å². The third-order valence-corrected chi connectivity index (χ3v) is 4.96. The van der Waals surface area contributed by atoms with Crippen molar-refractivity contribution >= 4 is 20.0 Å². The smallest absolute Gasteiger partial charge is 0.541 e. The Morgan fingerprint density at radius 3 is 1.06 bits per heavy atom. The minimum Gasteiger partial charge on any atom is -0.541 e. The van der Waals surface area contributed by atoms with Crippen LogP contribution < -0.4 is 103 Å². The Morgan fingerprint density at radius 2 is 0.806 bits per heavy atom. The maximum Gasteiger partial charge on any atom is 1.00 e. The van der Waals surface area contributed by atoms with Gasteiger partial charge in [-0.25, -0.2) is 16.8 Å². The van der Waals surface area contributed by atoms with Crippen molar-refractivity contribution in [3.8, 4) is 0 Å². The second kappa shape index (κ2) is 18.8. The molecular weight excluding hydrogens is 540 g/mol. The van der Waals surface area contributed by atoms with Crippen LogP contribution in [0.5, 0.6) is 0 Å². The van der Waals surface area contributed by atoms with Crippen molar-refractivity contribution in [3.05, 3.63) is 9.44 Å². The molecule has 0 saturated heterocycles. The van der Waals surface area contributed by atoms with E-state index in [0.29, 0.717) is 0 Å². The summed E-state index contributed by atoms with van der Waals surface area (Å²) < 4.78 is 134. The zero-order valence-electron chi connectivity index (χ0n) is 16.9. The van der Waals surface area contributed by atoms with Gasteiger partial charge in [0, 0.05) is 13.2 Å². The molecule has 0 atom stereocenters. The molecular formula is C12H20F6K2N2O7S2. The Labute approximate surface area is 262 Å². The molecule has 0 unspecified atom stereocenters. The van der Waals surface area contributed by atoms with Crippen LogP contribution in [0.15, 0.2) is 0 Å². The van der Waals surface area contributed by atoms with Crippen LogP contribution in [-0.4, -0.2) is 80.6 Å². The standard InChI is InChI=1S/C12H20F6N2O7S2.2K/c13-11(14,15)28(21,22)19-3-1-5-25-7-9-27-10-8-26-6-2-4-20-29(23,24)12(16,17)18;;/h1-10H2;;/q-2;2*+1. The van der Waals surface area contributed by atoms with Gasteiger partial charge in [-0.3, -0.25) is 0 Å². The van der Waals surface area contributed by atoms with Crippen LogP contribution in [0.3, 0.4) is 0 Å². The van der Waals surface area contributed by atoms with Gasteiger partial charge >= 0.3 is 114 Å². The molecule has 0 aliphatic rings. The number of hydrogen-bond donors (Lipinski definition) is 0. The van der Waals surface area contributed by atoms with Crippen molar-refractivity contribution < 1.29 is 160 Å². The number of ether oxygens (including phenoxy) is 3. The van der Waals surface area contributed by atoms with Crippen LogP contribution in [0.4, 0.5) is 26.3 Å². The molecule has 0 amide bonds. The van der Waals surface area contributed by atoms with E-state index in [2.05, 4.69) is 9.44 Å². The van der Waals surface area contributed by atoms with Crippen molar-refractivity contribution in [2.75, 3.05) is 52.7 Å². The largest absolute Gasteiger partial charge is 1.00 e. The number of rotatable bonds is 16. The summed E-state index contributed by atoms with van der Waals surface area (Å²) in [7, 11) is -11.0. The molecule has 0 N–H and O–H groups in total. The normalized spacial score (nSPS) is 12.8. The summed E-state index contributed by atoms with van der Waals surface area (Å²) in [6.07, 6.45) is -0.0684. The molecule has 0 saturated carbocycles. The first-order chi connectivity index (χ1) is 13.2. The SMILES string of the molecule is O=S(=O)([N-]CCCOCCOCCOCCC[N-]S(=O)(=O)C(F)(F)F)C(F)(F)F.[K+].[K+]. The van der Waals surface area contributed by atoms with Gasteiger partial charge in [-0.1, -0.05) is 0 Å². The topological polar surface area (TPSA) is 124 Å². The number of hydrogen-bond acceptors (Lipinski definition) is 7. The summed E-state index contributed by atoms with van der Waals surface area (Å²) in [5.74, 6) is 0. The minimum atomic E-state index is -5.48. The van der Waals surface area contributed by atoms with Crippen LogP contribution in [0.1, 0.15) is 12.8 Å². The van der Waals surface area contributed by atoms with Gasteiger partial charge in [0.1, 0.15) is 0 Å². The Hall–Kier alpha value is 2.55. The fourth-order valence-electron chi connectivity index (χ4n) is 1.39.